The zero-order chi connectivity index (χ0) is 23.1. The summed E-state index contributed by atoms with van der Waals surface area (Å²) in [6.45, 7) is 1.52. The van der Waals surface area contributed by atoms with E-state index in [-0.39, 0.29) is 11.4 Å². The SMILES string of the molecule is Cc1cccc(C=NNC(=O)CN(Cc2ccc(Cl)cc2)S(=O)(=O)c2ccc(Cl)cc2)c1. The van der Waals surface area contributed by atoms with E-state index in [4.69, 9.17) is 23.2 Å². The van der Waals surface area contributed by atoms with Crippen molar-refractivity contribution < 1.29 is 13.2 Å². The summed E-state index contributed by atoms with van der Waals surface area (Å²) in [7, 11) is -3.98. The van der Waals surface area contributed by atoms with Gasteiger partial charge in [0.05, 0.1) is 17.7 Å². The molecule has 0 saturated heterocycles. The smallest absolute Gasteiger partial charge is 0.255 e. The molecule has 0 radical (unpaired) electrons. The number of hydrogen-bond donors (Lipinski definition) is 1. The molecular formula is C23H21Cl2N3O3S. The highest BCUT2D eigenvalue weighted by molar-refractivity contribution is 7.89. The van der Waals surface area contributed by atoms with E-state index in [2.05, 4.69) is 10.5 Å². The Bertz CT molecular complexity index is 1210. The molecule has 0 heterocycles. The van der Waals surface area contributed by atoms with Gasteiger partial charge >= 0.3 is 0 Å². The molecule has 0 saturated carbocycles. The summed E-state index contributed by atoms with van der Waals surface area (Å²) in [6.07, 6.45) is 1.50. The van der Waals surface area contributed by atoms with Gasteiger partial charge in [0.1, 0.15) is 0 Å². The van der Waals surface area contributed by atoms with Crippen molar-refractivity contribution in [3.8, 4) is 0 Å². The Hall–Kier alpha value is -2.71. The lowest BCUT2D eigenvalue weighted by molar-refractivity contribution is -0.121. The molecular weight excluding hydrogens is 469 g/mol. The van der Waals surface area contributed by atoms with Gasteiger partial charge in [0.25, 0.3) is 5.91 Å². The molecule has 3 aromatic carbocycles. The van der Waals surface area contributed by atoms with E-state index in [0.29, 0.717) is 15.6 Å². The third-order valence-electron chi connectivity index (χ3n) is 4.49. The molecule has 32 heavy (non-hydrogen) atoms. The number of aryl methyl sites for hydroxylation is 1. The van der Waals surface area contributed by atoms with E-state index in [9.17, 15) is 13.2 Å². The number of halogens is 2. The zero-order valence-corrected chi connectivity index (χ0v) is 19.5. The van der Waals surface area contributed by atoms with Gasteiger partial charge in [-0.3, -0.25) is 4.79 Å². The van der Waals surface area contributed by atoms with Crippen LogP contribution in [0.5, 0.6) is 0 Å². The van der Waals surface area contributed by atoms with Crippen LogP contribution in [-0.2, 0) is 21.4 Å². The van der Waals surface area contributed by atoms with Crippen LogP contribution in [-0.4, -0.2) is 31.4 Å². The molecule has 0 aliphatic rings. The lowest BCUT2D eigenvalue weighted by Crippen LogP contribution is -2.39. The molecule has 0 atom stereocenters. The Morgan fingerprint density at radius 2 is 1.62 bits per heavy atom. The van der Waals surface area contributed by atoms with Crippen molar-refractivity contribution in [3.05, 3.63) is 99.5 Å². The van der Waals surface area contributed by atoms with Crippen LogP contribution in [0.15, 0.2) is 82.8 Å². The van der Waals surface area contributed by atoms with Crippen LogP contribution in [0.2, 0.25) is 10.0 Å². The van der Waals surface area contributed by atoms with E-state index in [0.717, 1.165) is 15.4 Å². The average molecular weight is 490 g/mol. The summed E-state index contributed by atoms with van der Waals surface area (Å²) in [6, 6.07) is 20.1. The predicted molar refractivity (Wildman–Crippen MR) is 127 cm³/mol. The van der Waals surface area contributed by atoms with Crippen LogP contribution in [0, 0.1) is 6.92 Å². The Morgan fingerprint density at radius 1 is 1.00 bits per heavy atom. The van der Waals surface area contributed by atoms with E-state index in [1.54, 1.807) is 24.3 Å². The molecule has 1 N–H and O–H groups in total. The van der Waals surface area contributed by atoms with E-state index in [1.165, 1.54) is 30.5 Å². The van der Waals surface area contributed by atoms with E-state index < -0.39 is 22.5 Å². The van der Waals surface area contributed by atoms with Crippen molar-refractivity contribution in [2.75, 3.05) is 6.54 Å². The fourth-order valence-corrected chi connectivity index (χ4v) is 4.54. The molecule has 9 heteroatoms. The van der Waals surface area contributed by atoms with Crippen molar-refractivity contribution in [1.29, 1.82) is 0 Å². The Labute approximate surface area is 197 Å². The minimum absolute atomic E-state index is 0.0167. The number of carbonyl (C=O) groups is 1. The van der Waals surface area contributed by atoms with Gasteiger partial charge in [0.15, 0.2) is 0 Å². The Kier molecular flexibility index (Phi) is 8.04. The first-order valence-corrected chi connectivity index (χ1v) is 11.8. The second-order valence-electron chi connectivity index (χ2n) is 7.06. The van der Waals surface area contributed by atoms with E-state index >= 15 is 0 Å². The first-order chi connectivity index (χ1) is 15.2. The fraction of sp³-hybridized carbons (Fsp3) is 0.130. The fourth-order valence-electron chi connectivity index (χ4n) is 2.90. The van der Waals surface area contributed by atoms with Crippen molar-refractivity contribution in [1.82, 2.24) is 9.73 Å². The van der Waals surface area contributed by atoms with Crippen LogP contribution in [0.25, 0.3) is 0 Å². The number of sulfonamides is 1. The number of rotatable bonds is 8. The van der Waals surface area contributed by atoms with Crippen LogP contribution < -0.4 is 5.43 Å². The quantitative estimate of drug-likeness (QED) is 0.369. The third-order valence-corrected chi connectivity index (χ3v) is 6.80. The summed E-state index contributed by atoms with van der Waals surface area (Å²) in [5, 5.41) is 4.88. The van der Waals surface area contributed by atoms with E-state index in [1.807, 2.05) is 31.2 Å². The van der Waals surface area contributed by atoms with Crippen molar-refractivity contribution >= 4 is 45.3 Å². The highest BCUT2D eigenvalue weighted by Crippen LogP contribution is 2.21. The minimum atomic E-state index is -3.98. The summed E-state index contributed by atoms with van der Waals surface area (Å²) in [5.41, 5.74) is 4.95. The van der Waals surface area contributed by atoms with Gasteiger partial charge in [-0.1, -0.05) is 65.2 Å². The second kappa shape index (κ2) is 10.7. The number of hydrogen-bond acceptors (Lipinski definition) is 4. The monoisotopic (exact) mass is 489 g/mol. The maximum absolute atomic E-state index is 13.2. The summed E-state index contributed by atoms with van der Waals surface area (Å²) in [4.78, 5) is 12.5. The zero-order valence-electron chi connectivity index (χ0n) is 17.2. The molecule has 1 amide bonds. The van der Waals surface area contributed by atoms with Crippen LogP contribution in [0.1, 0.15) is 16.7 Å². The normalized spacial score (nSPS) is 11.8. The maximum Gasteiger partial charge on any atom is 0.255 e. The molecule has 0 fully saturated rings. The summed E-state index contributed by atoms with van der Waals surface area (Å²) >= 11 is 11.8. The summed E-state index contributed by atoms with van der Waals surface area (Å²) < 4.78 is 27.5. The maximum atomic E-state index is 13.2. The van der Waals surface area contributed by atoms with Crippen LogP contribution >= 0.6 is 23.2 Å². The van der Waals surface area contributed by atoms with Crippen molar-refractivity contribution in [2.45, 2.75) is 18.4 Å². The lowest BCUT2D eigenvalue weighted by atomic mass is 10.2. The molecule has 0 aromatic heterocycles. The van der Waals surface area contributed by atoms with Crippen LogP contribution in [0.4, 0.5) is 0 Å². The molecule has 166 valence electrons. The number of hydrazone groups is 1. The third kappa shape index (κ3) is 6.64. The highest BCUT2D eigenvalue weighted by Gasteiger charge is 2.27. The van der Waals surface area contributed by atoms with Gasteiger partial charge in [-0.25, -0.2) is 13.8 Å². The van der Waals surface area contributed by atoms with Crippen molar-refractivity contribution in [2.24, 2.45) is 5.10 Å². The van der Waals surface area contributed by atoms with Gasteiger partial charge in [0, 0.05) is 16.6 Å². The first-order valence-electron chi connectivity index (χ1n) is 9.63. The molecule has 0 aliphatic carbocycles. The van der Waals surface area contributed by atoms with Crippen molar-refractivity contribution in [3.63, 3.8) is 0 Å². The molecule has 0 aliphatic heterocycles. The topological polar surface area (TPSA) is 78.8 Å². The van der Waals surface area contributed by atoms with Gasteiger partial charge in [-0.15, -0.1) is 0 Å². The van der Waals surface area contributed by atoms with Crippen LogP contribution in [0.3, 0.4) is 0 Å². The molecule has 0 unspecified atom stereocenters. The number of benzene rings is 3. The predicted octanol–water partition coefficient (Wildman–Crippen LogP) is 4.64. The standard InChI is InChI=1S/C23H21Cl2N3O3S/c1-17-3-2-4-19(13-17)14-26-27-23(29)16-28(15-18-5-7-20(24)8-6-18)32(30,31)22-11-9-21(25)10-12-22/h2-14H,15-16H2,1H3,(H,27,29). The minimum Gasteiger partial charge on any atom is -0.272 e. The Balaban J connectivity index is 1.79. The van der Waals surface area contributed by atoms with Gasteiger partial charge in [0.2, 0.25) is 10.0 Å². The number of carbonyl (C=O) groups excluding carboxylic acids is 1. The average Bonchev–Trinajstić information content (AvgIpc) is 2.75. The second-order valence-corrected chi connectivity index (χ2v) is 9.87. The highest BCUT2D eigenvalue weighted by atomic mass is 35.5. The number of amides is 1. The largest absolute Gasteiger partial charge is 0.272 e. The first kappa shape index (κ1) is 23.9. The molecule has 6 nitrogen and oxygen atoms in total. The number of nitrogens with one attached hydrogen (secondary N) is 1. The van der Waals surface area contributed by atoms with Gasteiger partial charge in [-0.2, -0.15) is 9.41 Å². The molecule has 0 bridgehead atoms. The number of nitrogens with zero attached hydrogens (tertiary/aromatic N) is 2. The lowest BCUT2D eigenvalue weighted by Gasteiger charge is -2.21. The summed E-state index contributed by atoms with van der Waals surface area (Å²) in [5.74, 6) is -0.569. The van der Waals surface area contributed by atoms with Gasteiger partial charge < -0.3 is 0 Å². The Morgan fingerprint density at radius 3 is 2.25 bits per heavy atom. The van der Waals surface area contributed by atoms with Gasteiger partial charge in [-0.05, 0) is 54.4 Å². The molecule has 3 rings (SSSR count). The molecule has 0 spiro atoms. The molecule has 3 aromatic rings.